The predicted molar refractivity (Wildman–Crippen MR) is 88.6 cm³/mol. The number of nitrogens with zero attached hydrogens (tertiary/aromatic N) is 1. The molecule has 2 aromatic rings. The molecule has 0 fully saturated rings. The summed E-state index contributed by atoms with van der Waals surface area (Å²) in [6.07, 6.45) is 0.809. The summed E-state index contributed by atoms with van der Waals surface area (Å²) in [5.41, 5.74) is 4.38. The molecular weight excluding hydrogens is 260 g/mol. The van der Waals surface area contributed by atoms with E-state index in [1.54, 1.807) is 0 Å². The Morgan fingerprint density at radius 3 is 2.43 bits per heavy atom. The van der Waals surface area contributed by atoms with E-state index >= 15 is 0 Å². The van der Waals surface area contributed by atoms with Crippen molar-refractivity contribution in [3.8, 4) is 11.3 Å². The van der Waals surface area contributed by atoms with Crippen molar-refractivity contribution < 1.29 is 0 Å². The van der Waals surface area contributed by atoms with E-state index in [1.165, 1.54) is 5.56 Å². The molecular formula is C18H26N2O. The third kappa shape index (κ3) is 3.66. The Bertz CT molecular complexity index is 662. The lowest BCUT2D eigenvalue weighted by Gasteiger charge is -2.13. The minimum atomic E-state index is 0.0563. The Morgan fingerprint density at radius 1 is 1.14 bits per heavy atom. The molecule has 0 bridgehead atoms. The Labute approximate surface area is 127 Å². The molecule has 21 heavy (non-hydrogen) atoms. The standard InChI is InChI=1S/C18H26N2O/c1-12(2)9-16-17(15-8-6-7-14(5)10-15)20(11-13(3)4)19-18(16)21/h6-8,10,12-13H,9,11H2,1-5H3,(H,19,21). The van der Waals surface area contributed by atoms with E-state index in [0.29, 0.717) is 11.8 Å². The van der Waals surface area contributed by atoms with Crippen molar-refractivity contribution in [2.75, 3.05) is 0 Å². The van der Waals surface area contributed by atoms with Crippen molar-refractivity contribution in [2.45, 2.75) is 47.6 Å². The highest BCUT2D eigenvalue weighted by molar-refractivity contribution is 5.64. The lowest BCUT2D eigenvalue weighted by molar-refractivity contribution is 0.484. The number of aromatic amines is 1. The van der Waals surface area contributed by atoms with Crippen LogP contribution in [0.4, 0.5) is 0 Å². The quantitative estimate of drug-likeness (QED) is 0.886. The van der Waals surface area contributed by atoms with Crippen LogP contribution in [-0.4, -0.2) is 9.78 Å². The molecule has 0 atom stereocenters. The number of rotatable bonds is 5. The lowest BCUT2D eigenvalue weighted by atomic mass is 9.98. The molecule has 0 saturated carbocycles. The topological polar surface area (TPSA) is 37.8 Å². The van der Waals surface area contributed by atoms with Gasteiger partial charge in [-0.05, 0) is 31.2 Å². The normalized spacial score (nSPS) is 11.6. The first kappa shape index (κ1) is 15.6. The number of aromatic nitrogens is 2. The fraction of sp³-hybridized carbons (Fsp3) is 0.500. The molecule has 3 nitrogen and oxygen atoms in total. The van der Waals surface area contributed by atoms with E-state index in [2.05, 4.69) is 64.0 Å². The van der Waals surface area contributed by atoms with Crippen LogP contribution in [0.1, 0.15) is 38.8 Å². The van der Waals surface area contributed by atoms with Gasteiger partial charge in [-0.15, -0.1) is 0 Å². The van der Waals surface area contributed by atoms with Gasteiger partial charge in [-0.2, -0.15) is 0 Å². The van der Waals surface area contributed by atoms with Crippen molar-refractivity contribution in [3.63, 3.8) is 0 Å². The van der Waals surface area contributed by atoms with Gasteiger partial charge in [0.2, 0.25) is 0 Å². The van der Waals surface area contributed by atoms with Gasteiger partial charge in [-0.3, -0.25) is 14.6 Å². The fourth-order valence-corrected chi connectivity index (χ4v) is 2.74. The average molecular weight is 286 g/mol. The molecule has 3 heteroatoms. The lowest BCUT2D eigenvalue weighted by Crippen LogP contribution is -2.11. The van der Waals surface area contributed by atoms with Gasteiger partial charge in [0.1, 0.15) is 0 Å². The molecule has 1 aromatic carbocycles. The van der Waals surface area contributed by atoms with Gasteiger partial charge < -0.3 is 0 Å². The third-order valence-corrected chi connectivity index (χ3v) is 3.52. The second kappa shape index (κ2) is 6.33. The molecule has 0 aliphatic carbocycles. The van der Waals surface area contributed by atoms with Crippen LogP contribution in [0.15, 0.2) is 29.1 Å². The van der Waals surface area contributed by atoms with E-state index in [0.717, 1.165) is 29.8 Å². The van der Waals surface area contributed by atoms with E-state index in [-0.39, 0.29) is 5.56 Å². The minimum Gasteiger partial charge on any atom is -0.284 e. The molecule has 1 aromatic heterocycles. The summed E-state index contributed by atoms with van der Waals surface area (Å²) in [4.78, 5) is 12.4. The summed E-state index contributed by atoms with van der Waals surface area (Å²) in [5.74, 6) is 0.952. The highest BCUT2D eigenvalue weighted by Crippen LogP contribution is 2.25. The van der Waals surface area contributed by atoms with Gasteiger partial charge in [0.05, 0.1) is 5.69 Å². The minimum absolute atomic E-state index is 0.0563. The van der Waals surface area contributed by atoms with Crippen LogP contribution in [0.3, 0.4) is 0 Å². The van der Waals surface area contributed by atoms with Crippen molar-refractivity contribution in [1.29, 1.82) is 0 Å². The summed E-state index contributed by atoms with van der Waals surface area (Å²) in [7, 11) is 0. The van der Waals surface area contributed by atoms with Crippen molar-refractivity contribution in [2.24, 2.45) is 11.8 Å². The number of nitrogens with one attached hydrogen (secondary N) is 1. The second-order valence-electron chi connectivity index (χ2n) is 6.74. The van der Waals surface area contributed by atoms with Crippen LogP contribution in [0.5, 0.6) is 0 Å². The Kier molecular flexibility index (Phi) is 4.71. The van der Waals surface area contributed by atoms with Crippen LogP contribution in [0.25, 0.3) is 11.3 Å². The Morgan fingerprint density at radius 2 is 1.86 bits per heavy atom. The van der Waals surface area contributed by atoms with Crippen LogP contribution in [0.2, 0.25) is 0 Å². The van der Waals surface area contributed by atoms with Crippen molar-refractivity contribution in [1.82, 2.24) is 9.78 Å². The first-order chi connectivity index (χ1) is 9.88. The average Bonchev–Trinajstić information content (AvgIpc) is 2.64. The molecule has 0 aliphatic rings. The molecule has 0 spiro atoms. The smallest absolute Gasteiger partial charge is 0.267 e. The van der Waals surface area contributed by atoms with Crippen LogP contribution >= 0.6 is 0 Å². The molecule has 2 rings (SSSR count). The Balaban J connectivity index is 2.61. The molecule has 1 N–H and O–H groups in total. The van der Waals surface area contributed by atoms with E-state index in [1.807, 2.05) is 4.68 Å². The zero-order chi connectivity index (χ0) is 15.6. The summed E-state index contributed by atoms with van der Waals surface area (Å²) >= 11 is 0. The maximum absolute atomic E-state index is 12.4. The Hall–Kier alpha value is -1.77. The highest BCUT2D eigenvalue weighted by atomic mass is 16.1. The van der Waals surface area contributed by atoms with Gasteiger partial charge >= 0.3 is 0 Å². The molecule has 0 aliphatic heterocycles. The molecule has 0 unspecified atom stereocenters. The first-order valence-electron chi connectivity index (χ1n) is 7.77. The van der Waals surface area contributed by atoms with Crippen LogP contribution in [-0.2, 0) is 13.0 Å². The number of hydrogen-bond donors (Lipinski definition) is 1. The number of H-pyrrole nitrogens is 1. The number of aryl methyl sites for hydroxylation is 1. The number of benzene rings is 1. The van der Waals surface area contributed by atoms with Gasteiger partial charge in [0, 0.05) is 17.7 Å². The monoisotopic (exact) mass is 286 g/mol. The van der Waals surface area contributed by atoms with Crippen LogP contribution < -0.4 is 5.56 Å². The molecule has 114 valence electrons. The first-order valence-corrected chi connectivity index (χ1v) is 7.77. The molecule has 0 radical (unpaired) electrons. The van der Waals surface area contributed by atoms with Gasteiger partial charge in [-0.1, -0.05) is 51.5 Å². The maximum Gasteiger partial charge on any atom is 0.267 e. The summed E-state index contributed by atoms with van der Waals surface area (Å²) < 4.78 is 2.03. The molecule has 0 saturated heterocycles. The molecule has 0 amide bonds. The SMILES string of the molecule is Cc1cccc(-c2c(CC(C)C)c(=O)[nH]n2CC(C)C)c1. The second-order valence-corrected chi connectivity index (χ2v) is 6.74. The summed E-state index contributed by atoms with van der Waals surface area (Å²) in [5, 5.41) is 3.03. The van der Waals surface area contributed by atoms with Gasteiger partial charge in [-0.25, -0.2) is 0 Å². The van der Waals surface area contributed by atoms with Crippen molar-refractivity contribution >= 4 is 0 Å². The third-order valence-electron chi connectivity index (χ3n) is 3.52. The maximum atomic E-state index is 12.4. The fourth-order valence-electron chi connectivity index (χ4n) is 2.74. The summed E-state index contributed by atoms with van der Waals surface area (Å²) in [6.45, 7) is 11.6. The van der Waals surface area contributed by atoms with E-state index < -0.39 is 0 Å². The highest BCUT2D eigenvalue weighted by Gasteiger charge is 2.18. The van der Waals surface area contributed by atoms with Gasteiger partial charge in [0.25, 0.3) is 5.56 Å². The van der Waals surface area contributed by atoms with E-state index in [4.69, 9.17) is 0 Å². The largest absolute Gasteiger partial charge is 0.284 e. The zero-order valence-electron chi connectivity index (χ0n) is 13.7. The number of hydrogen-bond acceptors (Lipinski definition) is 1. The molecule has 1 heterocycles. The van der Waals surface area contributed by atoms with Crippen molar-refractivity contribution in [3.05, 3.63) is 45.7 Å². The van der Waals surface area contributed by atoms with Crippen LogP contribution in [0, 0.1) is 18.8 Å². The summed E-state index contributed by atoms with van der Waals surface area (Å²) in [6, 6.07) is 8.39. The predicted octanol–water partition coefficient (Wildman–Crippen LogP) is 4.01. The van der Waals surface area contributed by atoms with E-state index in [9.17, 15) is 4.79 Å². The zero-order valence-corrected chi connectivity index (χ0v) is 13.7. The van der Waals surface area contributed by atoms with Gasteiger partial charge in [0.15, 0.2) is 0 Å².